The zero-order valence-electron chi connectivity index (χ0n) is 14.7. The van der Waals surface area contributed by atoms with Crippen LogP contribution in [0.15, 0.2) is 24.3 Å². The van der Waals surface area contributed by atoms with E-state index in [0.29, 0.717) is 5.11 Å². The lowest BCUT2D eigenvalue weighted by molar-refractivity contribution is -0.132. The molecule has 2 saturated heterocycles. The molecule has 25 heavy (non-hydrogen) atoms. The molecule has 134 valence electrons. The van der Waals surface area contributed by atoms with Crippen LogP contribution in [0.5, 0.6) is 0 Å². The van der Waals surface area contributed by atoms with Crippen molar-refractivity contribution in [2.75, 3.05) is 31.2 Å². The van der Waals surface area contributed by atoms with Gasteiger partial charge in [-0.15, -0.1) is 0 Å². The van der Waals surface area contributed by atoms with Crippen molar-refractivity contribution in [3.05, 3.63) is 29.8 Å². The first-order valence-electron chi connectivity index (χ1n) is 9.18. The van der Waals surface area contributed by atoms with E-state index < -0.39 is 5.54 Å². The number of rotatable bonds is 3. The van der Waals surface area contributed by atoms with Gasteiger partial charge in [-0.25, -0.2) is 0 Å². The normalized spacial score (nSPS) is 27.9. The second-order valence-corrected chi connectivity index (χ2v) is 7.70. The maximum atomic E-state index is 13.2. The Balaban J connectivity index is 1.55. The van der Waals surface area contributed by atoms with E-state index in [0.717, 1.165) is 44.7 Å². The number of carbonyl (C=O) groups excluding carboxylic acids is 1. The van der Waals surface area contributed by atoms with Crippen molar-refractivity contribution in [2.24, 2.45) is 0 Å². The van der Waals surface area contributed by atoms with Crippen LogP contribution < -0.4 is 10.2 Å². The van der Waals surface area contributed by atoms with Gasteiger partial charge >= 0.3 is 0 Å². The van der Waals surface area contributed by atoms with Crippen molar-refractivity contribution in [1.29, 1.82) is 0 Å². The molecule has 3 fully saturated rings. The van der Waals surface area contributed by atoms with Crippen molar-refractivity contribution in [1.82, 2.24) is 10.2 Å². The predicted octanol–water partition coefficient (Wildman–Crippen LogP) is 2.40. The number of hydrogen-bond donors (Lipinski definition) is 1. The number of nitrogens with zero attached hydrogens (tertiary/aromatic N) is 2. The van der Waals surface area contributed by atoms with Crippen molar-refractivity contribution in [2.45, 2.75) is 44.2 Å². The van der Waals surface area contributed by atoms with Crippen LogP contribution in [-0.4, -0.2) is 48.3 Å². The highest BCUT2D eigenvalue weighted by molar-refractivity contribution is 7.80. The summed E-state index contributed by atoms with van der Waals surface area (Å²) in [5.74, 6) is 0.0866. The fraction of sp³-hybridized carbons (Fsp3) is 0.579. The number of thiocarbonyl (C=S) groups is 1. The maximum Gasteiger partial charge on any atom is 0.259 e. The number of hydrogen-bond acceptors (Lipinski definition) is 4. The Morgan fingerprint density at radius 2 is 1.80 bits per heavy atom. The Hall–Kier alpha value is -1.66. The van der Waals surface area contributed by atoms with Crippen molar-refractivity contribution >= 4 is 28.9 Å². The minimum atomic E-state index is -0.761. The smallest absolute Gasteiger partial charge is 0.259 e. The van der Waals surface area contributed by atoms with Crippen LogP contribution in [0.2, 0.25) is 0 Å². The molecule has 1 amide bonds. The molecular formula is C19H25N3O2S. The van der Waals surface area contributed by atoms with E-state index in [2.05, 4.69) is 34.5 Å². The molecule has 4 rings (SSSR count). The van der Waals surface area contributed by atoms with Gasteiger partial charge in [0.2, 0.25) is 0 Å². The summed E-state index contributed by atoms with van der Waals surface area (Å²) in [6.07, 6.45) is 4.48. The maximum absolute atomic E-state index is 13.2. The Bertz CT molecular complexity index is 666. The molecule has 2 aliphatic heterocycles. The van der Waals surface area contributed by atoms with Gasteiger partial charge in [-0.3, -0.25) is 9.69 Å². The molecule has 2 heterocycles. The lowest BCUT2D eigenvalue weighted by Crippen LogP contribution is -2.42. The lowest BCUT2D eigenvalue weighted by Gasteiger charge is -2.30. The summed E-state index contributed by atoms with van der Waals surface area (Å²) >= 11 is 5.50. The number of benzene rings is 1. The SMILES string of the molecule is CC1(c2ccc(N3CCOCC3)cc2)NC(=S)N(C2CCCC2)C1=O. The molecule has 6 heteroatoms. The van der Waals surface area contributed by atoms with E-state index in [1.165, 1.54) is 18.5 Å². The average molecular weight is 359 g/mol. The van der Waals surface area contributed by atoms with Gasteiger partial charge in [-0.05, 0) is 49.7 Å². The van der Waals surface area contributed by atoms with Crippen molar-refractivity contribution in [3.63, 3.8) is 0 Å². The standard InChI is InChI=1S/C19H25N3O2S/c1-19(17(23)22(18(25)20-19)16-4-2-3-5-16)14-6-8-15(9-7-14)21-10-12-24-13-11-21/h6-9,16H,2-5,10-13H2,1H3,(H,20,25). The highest BCUT2D eigenvalue weighted by Gasteiger charge is 2.49. The zero-order valence-corrected chi connectivity index (χ0v) is 15.5. The van der Waals surface area contributed by atoms with Crippen LogP contribution in [-0.2, 0) is 15.1 Å². The number of nitrogens with one attached hydrogen (secondary N) is 1. The van der Waals surface area contributed by atoms with Gasteiger partial charge in [0.05, 0.1) is 13.2 Å². The summed E-state index contributed by atoms with van der Waals surface area (Å²) in [6, 6.07) is 8.57. The van der Waals surface area contributed by atoms with Gasteiger partial charge in [0.15, 0.2) is 5.11 Å². The summed E-state index contributed by atoms with van der Waals surface area (Å²) in [5.41, 5.74) is 1.39. The molecule has 0 aromatic heterocycles. The summed E-state index contributed by atoms with van der Waals surface area (Å²) in [7, 11) is 0. The van der Waals surface area contributed by atoms with E-state index in [1.54, 1.807) is 0 Å². The zero-order chi connectivity index (χ0) is 17.4. The largest absolute Gasteiger partial charge is 0.378 e. The summed E-state index contributed by atoms with van der Waals surface area (Å²) in [6.45, 7) is 5.30. The third-order valence-electron chi connectivity index (χ3n) is 5.73. The van der Waals surface area contributed by atoms with Gasteiger partial charge in [0.25, 0.3) is 5.91 Å². The molecule has 1 saturated carbocycles. The quantitative estimate of drug-likeness (QED) is 0.840. The number of amides is 1. The van der Waals surface area contributed by atoms with Crippen LogP contribution >= 0.6 is 12.2 Å². The molecule has 5 nitrogen and oxygen atoms in total. The summed E-state index contributed by atoms with van der Waals surface area (Å²) in [4.78, 5) is 17.3. The Labute approximate surface area is 154 Å². The molecule has 0 bridgehead atoms. The van der Waals surface area contributed by atoms with Crippen LogP contribution in [0.1, 0.15) is 38.2 Å². The average Bonchev–Trinajstić information content (AvgIpc) is 3.23. The van der Waals surface area contributed by atoms with Crippen LogP contribution in [0.25, 0.3) is 0 Å². The van der Waals surface area contributed by atoms with E-state index in [-0.39, 0.29) is 11.9 Å². The van der Waals surface area contributed by atoms with Crippen LogP contribution in [0.3, 0.4) is 0 Å². The van der Waals surface area contributed by atoms with Gasteiger partial charge in [0, 0.05) is 24.8 Å². The van der Waals surface area contributed by atoms with Gasteiger partial charge in [-0.1, -0.05) is 25.0 Å². The minimum absolute atomic E-state index is 0.0866. The van der Waals surface area contributed by atoms with E-state index >= 15 is 0 Å². The van der Waals surface area contributed by atoms with Gasteiger partial charge < -0.3 is 15.0 Å². The summed E-state index contributed by atoms with van der Waals surface area (Å²) in [5, 5.41) is 3.88. The number of anilines is 1. The van der Waals surface area contributed by atoms with Crippen molar-refractivity contribution < 1.29 is 9.53 Å². The number of ether oxygens (including phenoxy) is 1. The van der Waals surface area contributed by atoms with E-state index in [9.17, 15) is 4.79 Å². The number of morpholine rings is 1. The Morgan fingerprint density at radius 3 is 2.44 bits per heavy atom. The third kappa shape index (κ3) is 2.91. The number of carbonyl (C=O) groups is 1. The summed E-state index contributed by atoms with van der Waals surface area (Å²) < 4.78 is 5.41. The molecule has 0 spiro atoms. The third-order valence-corrected chi connectivity index (χ3v) is 6.03. The van der Waals surface area contributed by atoms with Gasteiger partial charge in [-0.2, -0.15) is 0 Å². The van der Waals surface area contributed by atoms with Crippen molar-refractivity contribution in [3.8, 4) is 0 Å². The molecule has 0 radical (unpaired) electrons. The highest BCUT2D eigenvalue weighted by atomic mass is 32.1. The van der Waals surface area contributed by atoms with Gasteiger partial charge in [0.1, 0.15) is 5.54 Å². The molecule has 3 aliphatic rings. The molecular weight excluding hydrogens is 334 g/mol. The van der Waals surface area contributed by atoms with Crippen LogP contribution in [0.4, 0.5) is 5.69 Å². The topological polar surface area (TPSA) is 44.8 Å². The fourth-order valence-electron chi connectivity index (χ4n) is 4.18. The first kappa shape index (κ1) is 16.8. The second-order valence-electron chi connectivity index (χ2n) is 7.31. The fourth-order valence-corrected chi connectivity index (χ4v) is 4.61. The molecule has 1 atom stereocenters. The highest BCUT2D eigenvalue weighted by Crippen LogP contribution is 2.35. The minimum Gasteiger partial charge on any atom is -0.378 e. The lowest BCUT2D eigenvalue weighted by atomic mass is 9.91. The predicted molar refractivity (Wildman–Crippen MR) is 102 cm³/mol. The molecule has 1 unspecified atom stereocenters. The van der Waals surface area contributed by atoms with E-state index in [4.69, 9.17) is 17.0 Å². The Morgan fingerprint density at radius 1 is 1.16 bits per heavy atom. The molecule has 1 N–H and O–H groups in total. The Kier molecular flexibility index (Phi) is 4.41. The first-order valence-corrected chi connectivity index (χ1v) is 9.59. The monoisotopic (exact) mass is 359 g/mol. The first-order chi connectivity index (χ1) is 12.1. The van der Waals surface area contributed by atoms with Crippen LogP contribution in [0, 0.1) is 0 Å². The molecule has 1 aliphatic carbocycles. The molecule has 1 aromatic carbocycles. The second kappa shape index (κ2) is 6.57. The molecule has 1 aromatic rings. The van der Waals surface area contributed by atoms with E-state index in [1.807, 2.05) is 11.8 Å².